The van der Waals surface area contributed by atoms with E-state index in [1.54, 1.807) is 0 Å². The van der Waals surface area contributed by atoms with Crippen molar-refractivity contribution in [3.63, 3.8) is 0 Å². The highest BCUT2D eigenvalue weighted by Gasteiger charge is 2.14. The van der Waals surface area contributed by atoms with Gasteiger partial charge in [-0.1, -0.05) is 87.1 Å². The molecule has 2 amide bonds. The molecule has 1 atom stereocenters. The van der Waals surface area contributed by atoms with Gasteiger partial charge in [0.1, 0.15) is 0 Å². The van der Waals surface area contributed by atoms with Crippen molar-refractivity contribution in [3.8, 4) is 0 Å². The molecule has 154 valence electrons. The zero-order valence-electron chi connectivity index (χ0n) is 16.6. The van der Waals surface area contributed by atoms with Crippen molar-refractivity contribution in [1.82, 2.24) is 5.32 Å². The lowest BCUT2D eigenvalue weighted by Crippen LogP contribution is -2.28. The third-order valence-electron chi connectivity index (χ3n) is 4.61. The molecule has 26 heavy (non-hydrogen) atoms. The molecule has 0 radical (unpaired) electrons. The van der Waals surface area contributed by atoms with E-state index >= 15 is 0 Å². The quantitative estimate of drug-likeness (QED) is 0.234. The van der Waals surface area contributed by atoms with Crippen molar-refractivity contribution in [2.75, 3.05) is 25.1 Å². The van der Waals surface area contributed by atoms with Crippen molar-refractivity contribution in [2.45, 2.75) is 84.0 Å². The van der Waals surface area contributed by atoms with E-state index in [9.17, 15) is 9.59 Å². The van der Waals surface area contributed by atoms with Crippen LogP contribution in [0.25, 0.3) is 0 Å². The van der Waals surface area contributed by atoms with Gasteiger partial charge in [-0.05, 0) is 12.8 Å². The Kier molecular flexibility index (Phi) is 18.7. The van der Waals surface area contributed by atoms with Gasteiger partial charge in [0.05, 0.1) is 11.9 Å². The van der Waals surface area contributed by atoms with Gasteiger partial charge in [0.25, 0.3) is 0 Å². The smallest absolute Gasteiger partial charge is 0.230 e. The largest absolute Gasteiger partial charge is 0.380 e. The predicted octanol–water partition coefficient (Wildman–Crippen LogP) is 4.32. The summed E-state index contributed by atoms with van der Waals surface area (Å²) in [6.45, 7) is 3.71. The van der Waals surface area contributed by atoms with Crippen LogP contribution >= 0.6 is 15.9 Å². The summed E-state index contributed by atoms with van der Waals surface area (Å²) in [5.41, 5.74) is 5.50. The first kappa shape index (κ1) is 25.4. The highest BCUT2D eigenvalue weighted by molar-refractivity contribution is 9.09. The van der Waals surface area contributed by atoms with E-state index in [0.29, 0.717) is 31.5 Å². The number of primary amides is 1. The van der Waals surface area contributed by atoms with Gasteiger partial charge in [-0.2, -0.15) is 0 Å². The number of halogens is 1. The van der Waals surface area contributed by atoms with Gasteiger partial charge in [0.2, 0.25) is 11.8 Å². The Balaban J connectivity index is 3.53. The molecule has 0 rings (SSSR count). The van der Waals surface area contributed by atoms with Crippen LogP contribution < -0.4 is 11.1 Å². The Morgan fingerprint density at radius 1 is 0.923 bits per heavy atom. The first-order valence-corrected chi connectivity index (χ1v) is 11.4. The maximum Gasteiger partial charge on any atom is 0.230 e. The number of ether oxygens (including phenoxy) is 1. The molecule has 3 N–H and O–H groups in total. The highest BCUT2D eigenvalue weighted by Crippen LogP contribution is 2.16. The molecule has 1 unspecified atom stereocenters. The van der Waals surface area contributed by atoms with Crippen molar-refractivity contribution >= 4 is 27.7 Å². The van der Waals surface area contributed by atoms with E-state index in [1.165, 1.54) is 57.8 Å². The number of carbonyl (C=O) groups excluding carboxylic acids is 2. The summed E-state index contributed by atoms with van der Waals surface area (Å²) in [5, 5.41) is 3.01. The number of hydrogen-bond donors (Lipinski definition) is 2. The van der Waals surface area contributed by atoms with E-state index in [1.807, 2.05) is 0 Å². The average Bonchev–Trinajstić information content (AvgIpc) is 2.63. The standard InChI is InChI=1S/C20H39BrN2O3/c1-2-3-4-5-6-7-8-9-10-11-12-18(20(22)25)13-15-26-16-14-23-19(24)17-21/h18H,2-17H2,1H3,(H2,22,25)(H,23,24). The molecular weight excluding hydrogens is 396 g/mol. The summed E-state index contributed by atoms with van der Waals surface area (Å²) < 4.78 is 5.47. The Morgan fingerprint density at radius 2 is 1.50 bits per heavy atom. The number of amides is 2. The average molecular weight is 435 g/mol. The first-order chi connectivity index (χ1) is 12.6. The Hall–Kier alpha value is -0.620. The monoisotopic (exact) mass is 434 g/mol. The molecule has 0 aromatic carbocycles. The Labute approximate surface area is 168 Å². The van der Waals surface area contributed by atoms with E-state index < -0.39 is 0 Å². The topological polar surface area (TPSA) is 81.4 Å². The molecule has 0 saturated carbocycles. The summed E-state index contributed by atoms with van der Waals surface area (Å²) in [6.07, 6.45) is 14.4. The number of hydrogen-bond acceptors (Lipinski definition) is 3. The lowest BCUT2D eigenvalue weighted by Gasteiger charge is -2.13. The van der Waals surface area contributed by atoms with Gasteiger partial charge < -0.3 is 15.8 Å². The zero-order valence-corrected chi connectivity index (χ0v) is 18.2. The SMILES string of the molecule is CCCCCCCCCCCCC(CCOCCNC(=O)CBr)C(N)=O. The van der Waals surface area contributed by atoms with Crippen LogP contribution in [-0.4, -0.2) is 36.9 Å². The highest BCUT2D eigenvalue weighted by atomic mass is 79.9. The van der Waals surface area contributed by atoms with Gasteiger partial charge in [-0.25, -0.2) is 0 Å². The molecule has 0 aliphatic rings. The van der Waals surface area contributed by atoms with E-state index in [4.69, 9.17) is 10.5 Å². The number of carbonyl (C=O) groups is 2. The Bertz CT molecular complexity index is 354. The summed E-state index contributed by atoms with van der Waals surface area (Å²) >= 11 is 3.08. The summed E-state index contributed by atoms with van der Waals surface area (Å²) in [5.74, 6) is -0.372. The minimum absolute atomic E-state index is 0.0513. The fourth-order valence-corrected chi connectivity index (χ4v) is 3.14. The molecule has 0 aliphatic carbocycles. The third-order valence-corrected chi connectivity index (χ3v) is 5.12. The third kappa shape index (κ3) is 16.8. The number of alkyl halides is 1. The maximum absolute atomic E-state index is 11.5. The Morgan fingerprint density at radius 3 is 2.04 bits per heavy atom. The second kappa shape index (κ2) is 19.2. The van der Waals surface area contributed by atoms with Crippen molar-refractivity contribution < 1.29 is 14.3 Å². The molecule has 0 bridgehead atoms. The normalized spacial score (nSPS) is 12.1. The fourth-order valence-electron chi connectivity index (χ4n) is 2.94. The minimum atomic E-state index is -0.225. The second-order valence-corrected chi connectivity index (χ2v) is 7.52. The minimum Gasteiger partial charge on any atom is -0.380 e. The molecule has 5 nitrogen and oxygen atoms in total. The number of nitrogens with one attached hydrogen (secondary N) is 1. The van der Waals surface area contributed by atoms with Crippen molar-refractivity contribution in [1.29, 1.82) is 0 Å². The lowest BCUT2D eigenvalue weighted by molar-refractivity contribution is -0.122. The number of unbranched alkanes of at least 4 members (excludes halogenated alkanes) is 9. The second-order valence-electron chi connectivity index (χ2n) is 6.95. The molecular formula is C20H39BrN2O3. The van der Waals surface area contributed by atoms with E-state index in [2.05, 4.69) is 28.2 Å². The van der Waals surface area contributed by atoms with Gasteiger partial charge >= 0.3 is 0 Å². The molecule has 0 fully saturated rings. The van der Waals surface area contributed by atoms with E-state index in [-0.39, 0.29) is 17.7 Å². The van der Waals surface area contributed by atoms with Crippen LogP contribution in [-0.2, 0) is 14.3 Å². The summed E-state index contributed by atoms with van der Waals surface area (Å²) in [4.78, 5) is 22.6. The van der Waals surface area contributed by atoms with Gasteiger partial charge in [0, 0.05) is 19.1 Å². The molecule has 0 aromatic rings. The van der Waals surface area contributed by atoms with Crippen molar-refractivity contribution in [3.05, 3.63) is 0 Å². The summed E-state index contributed by atoms with van der Waals surface area (Å²) in [6, 6.07) is 0. The zero-order chi connectivity index (χ0) is 19.5. The van der Waals surface area contributed by atoms with Gasteiger partial charge in [-0.15, -0.1) is 0 Å². The lowest BCUT2D eigenvalue weighted by atomic mass is 9.96. The van der Waals surface area contributed by atoms with Crippen LogP contribution in [0.4, 0.5) is 0 Å². The number of nitrogens with two attached hydrogens (primary N) is 1. The van der Waals surface area contributed by atoms with Gasteiger partial charge in [-0.3, -0.25) is 9.59 Å². The molecule has 0 spiro atoms. The first-order valence-electron chi connectivity index (χ1n) is 10.3. The molecule has 0 saturated heterocycles. The van der Waals surface area contributed by atoms with E-state index in [0.717, 1.165) is 12.8 Å². The van der Waals surface area contributed by atoms with Crippen LogP contribution in [0.5, 0.6) is 0 Å². The molecule has 0 aliphatic heterocycles. The van der Waals surface area contributed by atoms with Crippen molar-refractivity contribution in [2.24, 2.45) is 11.7 Å². The fraction of sp³-hybridized carbons (Fsp3) is 0.900. The van der Waals surface area contributed by atoms with Gasteiger partial charge in [0.15, 0.2) is 0 Å². The maximum atomic E-state index is 11.5. The summed E-state index contributed by atoms with van der Waals surface area (Å²) in [7, 11) is 0. The van der Waals surface area contributed by atoms with Crippen LogP contribution in [0.1, 0.15) is 84.0 Å². The predicted molar refractivity (Wildman–Crippen MR) is 111 cm³/mol. The molecule has 0 heterocycles. The van der Waals surface area contributed by atoms with Crippen LogP contribution in [0.2, 0.25) is 0 Å². The van der Waals surface area contributed by atoms with Crippen LogP contribution in [0.15, 0.2) is 0 Å². The molecule has 6 heteroatoms. The van der Waals surface area contributed by atoms with Crippen LogP contribution in [0.3, 0.4) is 0 Å². The van der Waals surface area contributed by atoms with Crippen LogP contribution in [0, 0.1) is 5.92 Å². The number of rotatable bonds is 19. The molecule has 0 aromatic heterocycles.